The Morgan fingerprint density at radius 1 is 1.06 bits per heavy atom. The predicted octanol–water partition coefficient (Wildman–Crippen LogP) is 2.23. The van der Waals surface area contributed by atoms with Crippen LogP contribution in [0.5, 0.6) is 0 Å². The second-order valence-corrected chi connectivity index (χ2v) is 9.53. The van der Waals surface area contributed by atoms with E-state index in [2.05, 4.69) is 40.7 Å². The Labute approximate surface area is 209 Å². The first kappa shape index (κ1) is 24.1. The fourth-order valence-corrected chi connectivity index (χ4v) is 5.10. The van der Waals surface area contributed by atoms with Crippen molar-refractivity contribution in [2.24, 2.45) is 0 Å². The summed E-state index contributed by atoms with van der Waals surface area (Å²) in [6.45, 7) is 7.03. The van der Waals surface area contributed by atoms with Crippen LogP contribution in [0, 0.1) is 6.92 Å². The quantitative estimate of drug-likeness (QED) is 0.598. The number of hydrogen-bond acceptors (Lipinski definition) is 7. The molecule has 3 heterocycles. The van der Waals surface area contributed by atoms with Crippen LogP contribution in [0.1, 0.15) is 56.7 Å². The number of piperidine rings is 1. The van der Waals surface area contributed by atoms with Crippen LogP contribution < -0.4 is 10.6 Å². The number of ether oxygens (including phenoxy) is 1. The smallest absolute Gasteiger partial charge is 0.264 e. The third-order valence-electron chi connectivity index (χ3n) is 7.07. The highest BCUT2D eigenvalue weighted by Crippen LogP contribution is 2.32. The van der Waals surface area contributed by atoms with Crippen LogP contribution >= 0.6 is 0 Å². The summed E-state index contributed by atoms with van der Waals surface area (Å²) in [5.41, 5.74) is 4.63. The molecule has 1 atom stereocenters. The van der Waals surface area contributed by atoms with Crippen molar-refractivity contribution >= 4 is 29.3 Å². The maximum absolute atomic E-state index is 13.3. The molecular formula is C27H30N4O5. The Morgan fingerprint density at radius 2 is 1.92 bits per heavy atom. The van der Waals surface area contributed by atoms with E-state index < -0.39 is 29.7 Å². The molecule has 2 aromatic carbocycles. The fourth-order valence-electron chi connectivity index (χ4n) is 5.10. The monoisotopic (exact) mass is 490 g/mol. The topological polar surface area (TPSA) is 108 Å². The number of rotatable bonds is 6. The molecule has 2 N–H and O–H groups in total. The lowest BCUT2D eigenvalue weighted by atomic mass is 10.0. The van der Waals surface area contributed by atoms with Crippen molar-refractivity contribution in [2.75, 3.05) is 31.6 Å². The number of benzene rings is 2. The largest absolute Gasteiger partial charge is 0.380 e. The lowest BCUT2D eigenvalue weighted by molar-refractivity contribution is -0.136. The maximum atomic E-state index is 13.3. The van der Waals surface area contributed by atoms with E-state index in [0.29, 0.717) is 12.2 Å². The lowest BCUT2D eigenvalue weighted by Crippen LogP contribution is -2.54. The van der Waals surface area contributed by atoms with E-state index in [4.69, 9.17) is 4.74 Å². The molecule has 5 rings (SSSR count). The first-order valence-electron chi connectivity index (χ1n) is 12.4. The number of nitrogens with one attached hydrogen (secondary N) is 2. The van der Waals surface area contributed by atoms with Gasteiger partial charge in [-0.2, -0.15) is 0 Å². The van der Waals surface area contributed by atoms with Gasteiger partial charge in [-0.25, -0.2) is 0 Å². The van der Waals surface area contributed by atoms with Crippen molar-refractivity contribution in [1.29, 1.82) is 0 Å². The highest BCUT2D eigenvalue weighted by Gasteiger charge is 2.45. The molecule has 4 amide bonds. The van der Waals surface area contributed by atoms with Crippen LogP contribution in [0.25, 0.3) is 0 Å². The first-order chi connectivity index (χ1) is 17.4. The molecule has 0 aliphatic carbocycles. The Bertz CT molecular complexity index is 1220. The van der Waals surface area contributed by atoms with Crippen LogP contribution in [0.4, 0.5) is 5.69 Å². The number of carbonyl (C=O) groups is 4. The number of nitrogens with zero attached hydrogens (tertiary/aromatic N) is 2. The van der Waals surface area contributed by atoms with Gasteiger partial charge in [0.2, 0.25) is 11.8 Å². The molecule has 36 heavy (non-hydrogen) atoms. The summed E-state index contributed by atoms with van der Waals surface area (Å²) >= 11 is 0. The van der Waals surface area contributed by atoms with Crippen molar-refractivity contribution in [2.45, 2.75) is 45.3 Å². The van der Waals surface area contributed by atoms with Gasteiger partial charge in [0.05, 0.1) is 17.7 Å². The zero-order chi connectivity index (χ0) is 25.2. The van der Waals surface area contributed by atoms with Crippen LogP contribution in [0.2, 0.25) is 0 Å². The molecule has 2 saturated heterocycles. The van der Waals surface area contributed by atoms with E-state index in [9.17, 15) is 19.2 Å². The van der Waals surface area contributed by atoms with Crippen molar-refractivity contribution in [3.8, 4) is 0 Å². The Balaban J connectivity index is 1.29. The number of carbonyl (C=O) groups excluding carboxylic acids is 4. The third-order valence-corrected chi connectivity index (χ3v) is 7.07. The lowest BCUT2D eigenvalue weighted by Gasteiger charge is -2.27. The molecule has 3 aliphatic heterocycles. The van der Waals surface area contributed by atoms with Gasteiger partial charge in [0.15, 0.2) is 0 Å². The normalized spacial score (nSPS) is 20.8. The van der Waals surface area contributed by atoms with Gasteiger partial charge in [-0.05, 0) is 48.6 Å². The van der Waals surface area contributed by atoms with Crippen molar-refractivity contribution in [3.05, 3.63) is 64.2 Å². The van der Waals surface area contributed by atoms with Crippen LogP contribution in [0.15, 0.2) is 36.4 Å². The second-order valence-electron chi connectivity index (χ2n) is 9.53. The number of imide groups is 2. The fraction of sp³-hybridized carbons (Fsp3) is 0.407. The molecule has 0 spiro atoms. The molecule has 2 aromatic rings. The first-order valence-corrected chi connectivity index (χ1v) is 12.4. The molecule has 9 heteroatoms. The van der Waals surface area contributed by atoms with E-state index >= 15 is 0 Å². The molecular weight excluding hydrogens is 460 g/mol. The molecule has 188 valence electrons. The molecule has 0 radical (unpaired) electrons. The van der Waals surface area contributed by atoms with Gasteiger partial charge in [0.1, 0.15) is 6.04 Å². The zero-order valence-corrected chi connectivity index (χ0v) is 20.3. The number of amides is 4. The molecule has 1 unspecified atom stereocenters. The maximum Gasteiger partial charge on any atom is 0.264 e. The Kier molecular flexibility index (Phi) is 6.84. The SMILES string of the molecule is Cc1cc(CNc2cccc3c2C(=O)N(C2CCC(=O)NC2=O)C3=O)ccc1CN1CCCOCC1. The number of anilines is 1. The van der Waals surface area contributed by atoms with Crippen LogP contribution in [-0.4, -0.2) is 65.8 Å². The standard InChI is InChI=1S/C27H30N4O5/c1-17-14-18(6-7-19(17)16-30-10-3-12-36-13-11-30)15-28-21-5-2-4-20-24(21)27(35)31(26(20)34)22-8-9-23(32)29-25(22)33/h2,4-7,14,22,28H,3,8-13,15-16H2,1H3,(H,29,32,33). The van der Waals surface area contributed by atoms with Gasteiger partial charge in [-0.1, -0.05) is 24.3 Å². The molecule has 3 aliphatic rings. The van der Waals surface area contributed by atoms with E-state index in [-0.39, 0.29) is 24.0 Å². The average molecular weight is 491 g/mol. The summed E-state index contributed by atoms with van der Waals surface area (Å²) in [5, 5.41) is 5.53. The van der Waals surface area contributed by atoms with Crippen LogP contribution in [0.3, 0.4) is 0 Å². The molecule has 0 bridgehead atoms. The Morgan fingerprint density at radius 3 is 2.72 bits per heavy atom. The minimum absolute atomic E-state index is 0.0931. The molecule has 0 aromatic heterocycles. The van der Waals surface area contributed by atoms with E-state index in [1.54, 1.807) is 18.2 Å². The van der Waals surface area contributed by atoms with Gasteiger partial charge >= 0.3 is 0 Å². The van der Waals surface area contributed by atoms with E-state index in [1.165, 1.54) is 11.1 Å². The summed E-state index contributed by atoms with van der Waals surface area (Å²) in [7, 11) is 0. The highest BCUT2D eigenvalue weighted by atomic mass is 16.5. The summed E-state index contributed by atoms with van der Waals surface area (Å²) in [6.07, 6.45) is 1.27. The van der Waals surface area contributed by atoms with Gasteiger partial charge in [0.25, 0.3) is 11.8 Å². The van der Waals surface area contributed by atoms with Crippen LogP contribution in [-0.2, 0) is 27.4 Å². The number of hydrogen-bond donors (Lipinski definition) is 2. The zero-order valence-electron chi connectivity index (χ0n) is 20.3. The molecule has 2 fully saturated rings. The molecule has 9 nitrogen and oxygen atoms in total. The number of aryl methyl sites for hydroxylation is 1. The minimum Gasteiger partial charge on any atom is -0.380 e. The van der Waals surface area contributed by atoms with E-state index in [1.807, 2.05) is 0 Å². The summed E-state index contributed by atoms with van der Waals surface area (Å²) in [5.74, 6) is -2.02. The van der Waals surface area contributed by atoms with Crippen molar-refractivity contribution in [3.63, 3.8) is 0 Å². The highest BCUT2D eigenvalue weighted by molar-refractivity contribution is 6.25. The van der Waals surface area contributed by atoms with Crippen molar-refractivity contribution < 1.29 is 23.9 Å². The minimum atomic E-state index is -0.978. The second kappa shape index (κ2) is 10.2. The van der Waals surface area contributed by atoms with Gasteiger partial charge < -0.3 is 10.1 Å². The summed E-state index contributed by atoms with van der Waals surface area (Å²) in [6, 6.07) is 10.5. The predicted molar refractivity (Wildman–Crippen MR) is 132 cm³/mol. The van der Waals surface area contributed by atoms with Gasteiger partial charge in [0, 0.05) is 44.9 Å². The van der Waals surface area contributed by atoms with Gasteiger partial charge in [-0.3, -0.25) is 34.3 Å². The molecule has 0 saturated carbocycles. The Hall–Kier alpha value is -3.56. The van der Waals surface area contributed by atoms with Gasteiger partial charge in [-0.15, -0.1) is 0 Å². The van der Waals surface area contributed by atoms with Crippen molar-refractivity contribution in [1.82, 2.24) is 15.1 Å². The number of fused-ring (bicyclic) bond motifs is 1. The summed E-state index contributed by atoms with van der Waals surface area (Å²) in [4.78, 5) is 53.5. The average Bonchev–Trinajstić information content (AvgIpc) is 3.01. The van der Waals surface area contributed by atoms with E-state index in [0.717, 1.165) is 49.7 Å². The third kappa shape index (κ3) is 4.76. The summed E-state index contributed by atoms with van der Waals surface area (Å²) < 4.78 is 5.55.